The molecule has 0 aliphatic carbocycles. The fourth-order valence-corrected chi connectivity index (χ4v) is 1.36. The molecule has 0 aliphatic rings. The number of carboxylic acid groups (broad SMARTS) is 1. The number of rotatable bonds is 1. The molecule has 0 amide bonds. The molecule has 0 saturated heterocycles. The molecule has 0 atom stereocenters. The molecule has 2 rings (SSSR count). The number of para-hydroxylation sites is 1. The zero-order valence-electron chi connectivity index (χ0n) is 7.64. The first-order chi connectivity index (χ1) is 7.22. The Morgan fingerprint density at radius 1 is 1.40 bits per heavy atom. The van der Waals surface area contributed by atoms with E-state index in [1.54, 1.807) is 18.2 Å². The van der Waals surface area contributed by atoms with Crippen molar-refractivity contribution in [2.45, 2.75) is 0 Å². The molecule has 72 valence electrons. The Hall–Kier alpha value is -2.41. The maximum absolute atomic E-state index is 10.8. The van der Waals surface area contributed by atoms with E-state index in [0.717, 1.165) is 5.39 Å². The lowest BCUT2D eigenvalue weighted by molar-refractivity contribution is 0.0690. The van der Waals surface area contributed by atoms with E-state index in [-0.39, 0.29) is 11.3 Å². The summed E-state index contributed by atoms with van der Waals surface area (Å²) in [6, 6.07) is 10.4. The van der Waals surface area contributed by atoms with Crippen LogP contribution in [0.25, 0.3) is 10.9 Å². The Kier molecular flexibility index (Phi) is 2.07. The van der Waals surface area contributed by atoms with Crippen molar-refractivity contribution < 1.29 is 9.90 Å². The summed E-state index contributed by atoms with van der Waals surface area (Å²) in [5, 5.41) is 18.4. The van der Waals surface area contributed by atoms with Crippen LogP contribution in [0.1, 0.15) is 16.1 Å². The van der Waals surface area contributed by atoms with E-state index in [1.807, 2.05) is 12.1 Å². The second-order valence-corrected chi connectivity index (χ2v) is 2.99. The summed E-state index contributed by atoms with van der Waals surface area (Å²) in [6.07, 6.45) is 0. The number of carbonyl (C=O) groups is 1. The molecule has 1 aromatic heterocycles. The highest BCUT2D eigenvalue weighted by molar-refractivity contribution is 5.92. The summed E-state index contributed by atoms with van der Waals surface area (Å²) in [5.41, 5.74) is 0.464. The van der Waals surface area contributed by atoms with Crippen molar-refractivity contribution >= 4 is 16.9 Å². The first-order valence-corrected chi connectivity index (χ1v) is 4.25. The molecule has 0 radical (unpaired) electrons. The van der Waals surface area contributed by atoms with Gasteiger partial charge in [-0.25, -0.2) is 9.78 Å². The maximum Gasteiger partial charge on any atom is 0.355 e. The third-order valence-electron chi connectivity index (χ3n) is 2.05. The van der Waals surface area contributed by atoms with Gasteiger partial charge in [-0.1, -0.05) is 18.2 Å². The van der Waals surface area contributed by atoms with Crippen LogP contribution < -0.4 is 0 Å². The smallest absolute Gasteiger partial charge is 0.355 e. The van der Waals surface area contributed by atoms with Gasteiger partial charge in [0.05, 0.1) is 11.1 Å². The molecule has 1 N–H and O–H groups in total. The second kappa shape index (κ2) is 3.39. The lowest BCUT2D eigenvalue weighted by atomic mass is 10.1. The van der Waals surface area contributed by atoms with Gasteiger partial charge in [-0.15, -0.1) is 0 Å². The van der Waals surface area contributed by atoms with Crippen LogP contribution in [0.4, 0.5) is 0 Å². The van der Waals surface area contributed by atoms with E-state index in [2.05, 4.69) is 4.98 Å². The molecule has 1 heterocycles. The van der Waals surface area contributed by atoms with E-state index in [0.29, 0.717) is 5.52 Å². The number of nitriles is 1. The molecule has 0 spiro atoms. The summed E-state index contributed by atoms with van der Waals surface area (Å²) in [6.45, 7) is 0. The second-order valence-electron chi connectivity index (χ2n) is 2.99. The molecular formula is C11H6N2O2. The minimum Gasteiger partial charge on any atom is -0.476 e. The predicted octanol–water partition coefficient (Wildman–Crippen LogP) is 1.80. The van der Waals surface area contributed by atoms with E-state index < -0.39 is 5.97 Å². The zero-order valence-corrected chi connectivity index (χ0v) is 7.64. The lowest BCUT2D eigenvalue weighted by Gasteiger charge is -2.00. The quantitative estimate of drug-likeness (QED) is 0.758. The number of nitrogens with zero attached hydrogens (tertiary/aromatic N) is 2. The molecule has 0 unspecified atom stereocenters. The normalized spacial score (nSPS) is 9.80. The van der Waals surface area contributed by atoms with E-state index >= 15 is 0 Å². The number of aromatic carboxylic acids is 1. The van der Waals surface area contributed by atoms with Crippen LogP contribution in [0.2, 0.25) is 0 Å². The van der Waals surface area contributed by atoms with Crippen molar-refractivity contribution in [3.05, 3.63) is 41.6 Å². The van der Waals surface area contributed by atoms with E-state index in [1.165, 1.54) is 6.07 Å². The SMILES string of the molecule is N#Cc1cc2ccccc2nc1C(=O)O. The number of pyridine rings is 1. The third-order valence-corrected chi connectivity index (χ3v) is 2.05. The van der Waals surface area contributed by atoms with Crippen molar-refractivity contribution in [3.8, 4) is 6.07 Å². The van der Waals surface area contributed by atoms with Crippen molar-refractivity contribution in [2.24, 2.45) is 0 Å². The van der Waals surface area contributed by atoms with Crippen LogP contribution >= 0.6 is 0 Å². The highest BCUT2D eigenvalue weighted by Gasteiger charge is 2.12. The highest BCUT2D eigenvalue weighted by atomic mass is 16.4. The van der Waals surface area contributed by atoms with Gasteiger partial charge < -0.3 is 5.11 Å². The standard InChI is InChI=1S/C11H6N2O2/c12-6-8-5-7-3-1-2-4-9(7)13-10(8)11(14)15/h1-5H,(H,14,15). The summed E-state index contributed by atoms with van der Waals surface area (Å²) >= 11 is 0. The van der Waals surface area contributed by atoms with Crippen LogP contribution in [0, 0.1) is 11.3 Å². The van der Waals surface area contributed by atoms with Gasteiger partial charge >= 0.3 is 5.97 Å². The van der Waals surface area contributed by atoms with Gasteiger partial charge in [-0.05, 0) is 12.1 Å². The van der Waals surface area contributed by atoms with Gasteiger partial charge in [-0.3, -0.25) is 0 Å². The molecule has 0 fully saturated rings. The first kappa shape index (κ1) is 9.16. The van der Waals surface area contributed by atoms with Crippen LogP contribution in [0.5, 0.6) is 0 Å². The number of hydrogen-bond donors (Lipinski definition) is 1. The summed E-state index contributed by atoms with van der Waals surface area (Å²) in [5.74, 6) is -1.18. The number of benzene rings is 1. The molecular weight excluding hydrogens is 192 g/mol. The molecule has 2 aromatic rings. The number of fused-ring (bicyclic) bond motifs is 1. The van der Waals surface area contributed by atoms with Crippen LogP contribution in [-0.2, 0) is 0 Å². The van der Waals surface area contributed by atoms with Crippen molar-refractivity contribution in [1.29, 1.82) is 5.26 Å². The average molecular weight is 198 g/mol. The van der Waals surface area contributed by atoms with Gasteiger partial charge in [0, 0.05) is 5.39 Å². The highest BCUT2D eigenvalue weighted by Crippen LogP contribution is 2.15. The Morgan fingerprint density at radius 2 is 2.13 bits per heavy atom. The van der Waals surface area contributed by atoms with Crippen molar-refractivity contribution in [3.63, 3.8) is 0 Å². The van der Waals surface area contributed by atoms with Gasteiger partial charge in [0.25, 0.3) is 0 Å². The fourth-order valence-electron chi connectivity index (χ4n) is 1.36. The van der Waals surface area contributed by atoms with Gasteiger partial charge in [0.15, 0.2) is 5.69 Å². The lowest BCUT2D eigenvalue weighted by Crippen LogP contribution is -2.03. The largest absolute Gasteiger partial charge is 0.476 e. The molecule has 1 aromatic carbocycles. The van der Waals surface area contributed by atoms with Crippen LogP contribution in [0.15, 0.2) is 30.3 Å². The number of hydrogen-bond acceptors (Lipinski definition) is 3. The average Bonchev–Trinajstić information content (AvgIpc) is 2.27. The molecule has 0 bridgehead atoms. The molecule has 0 saturated carbocycles. The summed E-state index contributed by atoms with van der Waals surface area (Å²) in [4.78, 5) is 14.7. The first-order valence-electron chi connectivity index (χ1n) is 4.25. The Morgan fingerprint density at radius 3 is 2.80 bits per heavy atom. The molecule has 15 heavy (non-hydrogen) atoms. The Labute approximate surface area is 85.4 Å². The summed E-state index contributed by atoms with van der Waals surface area (Å²) < 4.78 is 0. The monoisotopic (exact) mass is 198 g/mol. The van der Waals surface area contributed by atoms with E-state index in [9.17, 15) is 4.79 Å². The predicted molar refractivity (Wildman–Crippen MR) is 53.4 cm³/mol. The van der Waals surface area contributed by atoms with Crippen LogP contribution in [0.3, 0.4) is 0 Å². The van der Waals surface area contributed by atoms with Crippen molar-refractivity contribution in [1.82, 2.24) is 4.98 Å². The summed E-state index contributed by atoms with van der Waals surface area (Å²) in [7, 11) is 0. The Balaban J connectivity index is 2.82. The number of carboxylic acids is 1. The maximum atomic E-state index is 10.8. The molecule has 4 nitrogen and oxygen atoms in total. The van der Waals surface area contributed by atoms with Crippen LogP contribution in [-0.4, -0.2) is 16.1 Å². The minimum absolute atomic E-state index is 0.0844. The fraction of sp³-hybridized carbons (Fsp3) is 0. The Bertz CT molecular complexity index is 585. The van der Waals surface area contributed by atoms with Gasteiger partial charge in [0.1, 0.15) is 6.07 Å². The zero-order chi connectivity index (χ0) is 10.8. The van der Waals surface area contributed by atoms with Gasteiger partial charge in [0.2, 0.25) is 0 Å². The topological polar surface area (TPSA) is 74.0 Å². The molecule has 4 heteroatoms. The van der Waals surface area contributed by atoms with Crippen molar-refractivity contribution in [2.75, 3.05) is 0 Å². The number of aromatic nitrogens is 1. The minimum atomic E-state index is -1.18. The van der Waals surface area contributed by atoms with Gasteiger partial charge in [-0.2, -0.15) is 5.26 Å². The third kappa shape index (κ3) is 1.51. The molecule has 0 aliphatic heterocycles. The van der Waals surface area contributed by atoms with E-state index in [4.69, 9.17) is 10.4 Å².